The van der Waals surface area contributed by atoms with Crippen molar-refractivity contribution in [2.75, 3.05) is 19.6 Å². The summed E-state index contributed by atoms with van der Waals surface area (Å²) in [6.45, 7) is 4.05. The van der Waals surface area contributed by atoms with Crippen LogP contribution in [0.4, 0.5) is 4.79 Å². The number of carbonyl (C=O) groups excluding carboxylic acids is 1. The summed E-state index contributed by atoms with van der Waals surface area (Å²) in [5.74, 6) is 0.368. The second-order valence-electron chi connectivity index (χ2n) is 6.78. The van der Waals surface area contributed by atoms with E-state index in [9.17, 15) is 9.59 Å². The molecular formula is C16H28N2O3. The van der Waals surface area contributed by atoms with Gasteiger partial charge in [-0.1, -0.05) is 26.2 Å². The number of urea groups is 1. The maximum Gasteiger partial charge on any atom is 0.317 e. The van der Waals surface area contributed by atoms with Gasteiger partial charge in [0.15, 0.2) is 0 Å². The van der Waals surface area contributed by atoms with Crippen molar-refractivity contribution in [3.63, 3.8) is 0 Å². The van der Waals surface area contributed by atoms with E-state index in [-0.39, 0.29) is 6.03 Å². The van der Waals surface area contributed by atoms with Crippen molar-refractivity contribution in [2.45, 2.75) is 51.9 Å². The zero-order chi connectivity index (χ0) is 15.2. The molecule has 120 valence electrons. The predicted molar refractivity (Wildman–Crippen MR) is 81.1 cm³/mol. The van der Waals surface area contributed by atoms with E-state index >= 15 is 0 Å². The van der Waals surface area contributed by atoms with Gasteiger partial charge in [-0.05, 0) is 37.5 Å². The zero-order valence-electron chi connectivity index (χ0n) is 13.0. The van der Waals surface area contributed by atoms with Crippen molar-refractivity contribution in [1.82, 2.24) is 10.2 Å². The van der Waals surface area contributed by atoms with Crippen molar-refractivity contribution in [1.29, 1.82) is 0 Å². The number of carboxylic acid groups (broad SMARTS) is 1. The zero-order valence-corrected chi connectivity index (χ0v) is 13.0. The lowest BCUT2D eigenvalue weighted by Crippen LogP contribution is -2.47. The van der Waals surface area contributed by atoms with Crippen molar-refractivity contribution in [3.05, 3.63) is 0 Å². The summed E-state index contributed by atoms with van der Waals surface area (Å²) in [5.41, 5.74) is 0. The Bertz CT molecular complexity index is 373. The molecule has 1 heterocycles. The van der Waals surface area contributed by atoms with Gasteiger partial charge in [0.05, 0.1) is 5.92 Å². The number of piperidine rings is 1. The molecule has 0 aromatic rings. The van der Waals surface area contributed by atoms with Gasteiger partial charge >= 0.3 is 12.0 Å². The van der Waals surface area contributed by atoms with Gasteiger partial charge in [-0.25, -0.2) is 4.79 Å². The first-order valence-electron chi connectivity index (χ1n) is 8.32. The van der Waals surface area contributed by atoms with E-state index in [4.69, 9.17) is 5.11 Å². The molecule has 0 aromatic carbocycles. The Kier molecular flexibility index (Phi) is 5.88. The Morgan fingerprint density at radius 3 is 2.76 bits per heavy atom. The Balaban J connectivity index is 1.68. The largest absolute Gasteiger partial charge is 0.481 e. The Labute approximate surface area is 127 Å². The molecule has 21 heavy (non-hydrogen) atoms. The minimum atomic E-state index is -0.788. The highest BCUT2D eigenvalue weighted by Gasteiger charge is 2.28. The summed E-state index contributed by atoms with van der Waals surface area (Å²) in [5, 5.41) is 12.0. The highest BCUT2D eigenvalue weighted by atomic mass is 16.4. The van der Waals surface area contributed by atoms with Crippen LogP contribution in [0.3, 0.4) is 0 Å². The number of rotatable bonds is 4. The molecule has 0 aromatic heterocycles. The van der Waals surface area contributed by atoms with E-state index in [1.807, 2.05) is 0 Å². The van der Waals surface area contributed by atoms with Crippen LogP contribution in [0.5, 0.6) is 0 Å². The van der Waals surface area contributed by atoms with Gasteiger partial charge < -0.3 is 15.3 Å². The van der Waals surface area contributed by atoms with Gasteiger partial charge in [0.25, 0.3) is 0 Å². The number of nitrogens with one attached hydrogen (secondary N) is 1. The third kappa shape index (κ3) is 4.90. The van der Waals surface area contributed by atoms with Crippen LogP contribution < -0.4 is 5.32 Å². The molecule has 2 rings (SSSR count). The summed E-state index contributed by atoms with van der Waals surface area (Å²) in [4.78, 5) is 24.8. The second kappa shape index (κ2) is 7.66. The van der Waals surface area contributed by atoms with Crippen molar-refractivity contribution in [3.8, 4) is 0 Å². The molecule has 5 nitrogen and oxygen atoms in total. The first-order chi connectivity index (χ1) is 10.1. The van der Waals surface area contributed by atoms with Crippen molar-refractivity contribution in [2.24, 2.45) is 17.8 Å². The average molecular weight is 296 g/mol. The fraction of sp³-hybridized carbons (Fsp3) is 0.875. The van der Waals surface area contributed by atoms with E-state index in [0.717, 1.165) is 24.7 Å². The Morgan fingerprint density at radius 2 is 2.05 bits per heavy atom. The van der Waals surface area contributed by atoms with Crippen LogP contribution in [0.2, 0.25) is 0 Å². The number of amides is 2. The number of aliphatic carboxylic acids is 1. The molecule has 0 spiro atoms. The lowest BCUT2D eigenvalue weighted by atomic mass is 9.81. The highest BCUT2D eigenvalue weighted by Crippen LogP contribution is 2.30. The van der Waals surface area contributed by atoms with E-state index in [1.165, 1.54) is 25.7 Å². The first-order valence-corrected chi connectivity index (χ1v) is 8.32. The molecule has 1 saturated heterocycles. The van der Waals surface area contributed by atoms with Gasteiger partial charge in [-0.2, -0.15) is 0 Å². The minimum absolute atomic E-state index is 0.0928. The van der Waals surface area contributed by atoms with E-state index < -0.39 is 11.9 Å². The van der Waals surface area contributed by atoms with Crippen LogP contribution in [0.15, 0.2) is 0 Å². The SMILES string of the molecule is CC1CCCC(CCNC(=O)N2CCCC(C(=O)O)C2)C1. The second-order valence-corrected chi connectivity index (χ2v) is 6.78. The van der Waals surface area contributed by atoms with Crippen LogP contribution in [0.1, 0.15) is 51.9 Å². The molecule has 2 fully saturated rings. The van der Waals surface area contributed by atoms with Crippen LogP contribution in [0.25, 0.3) is 0 Å². The van der Waals surface area contributed by atoms with E-state index in [0.29, 0.717) is 26.1 Å². The van der Waals surface area contributed by atoms with Gasteiger partial charge in [-0.15, -0.1) is 0 Å². The minimum Gasteiger partial charge on any atom is -0.481 e. The molecule has 1 saturated carbocycles. The van der Waals surface area contributed by atoms with Crippen molar-refractivity contribution >= 4 is 12.0 Å². The van der Waals surface area contributed by atoms with Gasteiger partial charge in [-0.3, -0.25) is 4.79 Å². The maximum absolute atomic E-state index is 12.1. The normalized spacial score (nSPS) is 30.0. The summed E-state index contributed by atoms with van der Waals surface area (Å²) < 4.78 is 0. The van der Waals surface area contributed by atoms with Crippen molar-refractivity contribution < 1.29 is 14.7 Å². The van der Waals surface area contributed by atoms with Crippen LogP contribution >= 0.6 is 0 Å². The quantitative estimate of drug-likeness (QED) is 0.838. The van der Waals surface area contributed by atoms with Gasteiger partial charge in [0.1, 0.15) is 0 Å². The number of hydrogen-bond acceptors (Lipinski definition) is 2. The molecule has 2 aliphatic rings. The summed E-state index contributed by atoms with van der Waals surface area (Å²) in [6, 6.07) is -0.0928. The number of carboxylic acids is 1. The average Bonchev–Trinajstić information content (AvgIpc) is 2.47. The lowest BCUT2D eigenvalue weighted by molar-refractivity contribution is -0.143. The molecular weight excluding hydrogens is 268 g/mol. The highest BCUT2D eigenvalue weighted by molar-refractivity contribution is 5.76. The first kappa shape index (κ1) is 16.1. The van der Waals surface area contributed by atoms with Crippen LogP contribution in [0, 0.1) is 17.8 Å². The molecule has 0 radical (unpaired) electrons. The fourth-order valence-electron chi connectivity index (χ4n) is 3.68. The molecule has 2 N–H and O–H groups in total. The Hall–Kier alpha value is -1.26. The summed E-state index contributed by atoms with van der Waals surface area (Å²) >= 11 is 0. The van der Waals surface area contributed by atoms with E-state index in [1.54, 1.807) is 4.90 Å². The number of likely N-dealkylation sites (tertiary alicyclic amines) is 1. The van der Waals surface area contributed by atoms with Crippen LogP contribution in [-0.2, 0) is 4.79 Å². The molecule has 1 aliphatic carbocycles. The number of hydrogen-bond donors (Lipinski definition) is 2. The fourth-order valence-corrected chi connectivity index (χ4v) is 3.68. The molecule has 3 unspecified atom stereocenters. The lowest BCUT2D eigenvalue weighted by Gasteiger charge is -2.31. The topological polar surface area (TPSA) is 69.6 Å². The van der Waals surface area contributed by atoms with Crippen LogP contribution in [-0.4, -0.2) is 41.6 Å². The Morgan fingerprint density at radius 1 is 1.24 bits per heavy atom. The van der Waals surface area contributed by atoms with Gasteiger partial charge in [0.2, 0.25) is 0 Å². The predicted octanol–water partition coefficient (Wildman–Crippen LogP) is 2.71. The molecule has 0 bridgehead atoms. The molecule has 3 atom stereocenters. The summed E-state index contributed by atoms with van der Waals surface area (Å²) in [6.07, 6.45) is 7.72. The van der Waals surface area contributed by atoms with Gasteiger partial charge in [0, 0.05) is 19.6 Å². The smallest absolute Gasteiger partial charge is 0.317 e. The summed E-state index contributed by atoms with van der Waals surface area (Å²) in [7, 11) is 0. The monoisotopic (exact) mass is 296 g/mol. The number of nitrogens with zero attached hydrogens (tertiary/aromatic N) is 1. The third-order valence-electron chi connectivity index (χ3n) is 4.93. The standard InChI is InChI=1S/C16H28N2O3/c1-12-4-2-5-13(10-12)7-8-17-16(21)18-9-3-6-14(11-18)15(19)20/h12-14H,2-11H2,1H3,(H,17,21)(H,19,20). The third-order valence-corrected chi connectivity index (χ3v) is 4.93. The number of carbonyl (C=O) groups is 2. The molecule has 5 heteroatoms. The molecule has 1 aliphatic heterocycles. The molecule has 2 amide bonds. The van der Waals surface area contributed by atoms with E-state index in [2.05, 4.69) is 12.2 Å². The maximum atomic E-state index is 12.1.